The number of rotatable bonds is 2. The quantitative estimate of drug-likeness (QED) is 0.839. The summed E-state index contributed by atoms with van der Waals surface area (Å²) in [6.45, 7) is 0. The predicted octanol–water partition coefficient (Wildman–Crippen LogP) is 3.99. The molecule has 2 aromatic carbocycles. The van der Waals surface area contributed by atoms with Gasteiger partial charge < -0.3 is 15.8 Å². The zero-order chi connectivity index (χ0) is 15.1. The molecule has 21 heavy (non-hydrogen) atoms. The Labute approximate surface area is 133 Å². The summed E-state index contributed by atoms with van der Waals surface area (Å²) in [6, 6.07) is 6.65. The summed E-state index contributed by atoms with van der Waals surface area (Å²) in [4.78, 5) is 11.5. The molecule has 0 aromatic heterocycles. The number of nitrogens with two attached hydrogens (primary N) is 1. The van der Waals surface area contributed by atoms with E-state index in [1.807, 2.05) is 0 Å². The summed E-state index contributed by atoms with van der Waals surface area (Å²) < 4.78 is 19.9. The van der Waals surface area contributed by atoms with Crippen molar-refractivity contribution in [1.82, 2.24) is 0 Å². The van der Waals surface area contributed by atoms with E-state index in [4.69, 9.17) is 22.1 Å². The van der Waals surface area contributed by atoms with Crippen molar-refractivity contribution >= 4 is 39.1 Å². The van der Waals surface area contributed by atoms with Gasteiger partial charge in [0.25, 0.3) is 0 Å². The van der Waals surface area contributed by atoms with Gasteiger partial charge in [0.2, 0.25) is 5.91 Å². The Kier molecular flexibility index (Phi) is 3.61. The number of carbonyl (C=O) groups excluding carboxylic acids is 1. The van der Waals surface area contributed by atoms with Gasteiger partial charge >= 0.3 is 0 Å². The molecule has 0 aliphatic carbocycles. The SMILES string of the molecule is NC1C(=O)Nc2cc(Oc3cc(Br)ccc3F)c(Cl)cc21. The molecule has 1 atom stereocenters. The van der Waals surface area contributed by atoms with Crippen molar-refractivity contribution in [2.45, 2.75) is 6.04 Å². The molecule has 0 bridgehead atoms. The van der Waals surface area contributed by atoms with E-state index in [1.165, 1.54) is 18.2 Å². The normalized spacial score (nSPS) is 16.6. The molecular formula is C14H9BrClFN2O2. The van der Waals surface area contributed by atoms with Crippen LogP contribution in [-0.2, 0) is 4.79 Å². The van der Waals surface area contributed by atoms with Crippen molar-refractivity contribution < 1.29 is 13.9 Å². The van der Waals surface area contributed by atoms with E-state index in [9.17, 15) is 9.18 Å². The third kappa shape index (κ3) is 2.62. The Balaban J connectivity index is 1.99. The predicted molar refractivity (Wildman–Crippen MR) is 81.2 cm³/mol. The average Bonchev–Trinajstić information content (AvgIpc) is 2.70. The van der Waals surface area contributed by atoms with Crippen LogP contribution in [0.2, 0.25) is 5.02 Å². The minimum absolute atomic E-state index is 0.0276. The molecule has 4 nitrogen and oxygen atoms in total. The maximum absolute atomic E-state index is 13.7. The fraction of sp³-hybridized carbons (Fsp3) is 0.0714. The van der Waals surface area contributed by atoms with Crippen LogP contribution in [0.1, 0.15) is 11.6 Å². The molecule has 0 radical (unpaired) electrons. The van der Waals surface area contributed by atoms with Gasteiger partial charge in [-0.2, -0.15) is 0 Å². The van der Waals surface area contributed by atoms with Gasteiger partial charge in [-0.1, -0.05) is 27.5 Å². The first-order valence-electron chi connectivity index (χ1n) is 5.98. The zero-order valence-electron chi connectivity index (χ0n) is 10.5. The molecule has 108 valence electrons. The van der Waals surface area contributed by atoms with Gasteiger partial charge in [0.1, 0.15) is 11.8 Å². The van der Waals surface area contributed by atoms with Crippen LogP contribution in [0.3, 0.4) is 0 Å². The van der Waals surface area contributed by atoms with Gasteiger partial charge in [-0.25, -0.2) is 4.39 Å². The standard InChI is InChI=1S/C14H9BrClFN2O2/c15-6-1-2-9(17)12(3-6)21-11-5-10-7(4-8(11)16)13(18)14(20)19-10/h1-5,13H,18H2,(H,19,20). The van der Waals surface area contributed by atoms with Crippen molar-refractivity contribution in [3.63, 3.8) is 0 Å². The lowest BCUT2D eigenvalue weighted by molar-refractivity contribution is -0.116. The van der Waals surface area contributed by atoms with Crippen molar-refractivity contribution in [3.8, 4) is 11.5 Å². The first kappa shape index (κ1) is 14.3. The molecule has 2 aromatic rings. The van der Waals surface area contributed by atoms with E-state index in [0.717, 1.165) is 0 Å². The average molecular weight is 372 g/mol. The second-order valence-corrected chi connectivity index (χ2v) is 5.84. The monoisotopic (exact) mass is 370 g/mol. The Bertz CT molecular complexity index is 754. The number of halogens is 3. The molecule has 0 spiro atoms. The number of hydrogen-bond donors (Lipinski definition) is 2. The molecule has 1 aliphatic rings. The first-order chi connectivity index (χ1) is 9.95. The third-order valence-electron chi connectivity index (χ3n) is 3.09. The minimum Gasteiger partial charge on any atom is -0.453 e. The molecule has 1 aliphatic heterocycles. The Morgan fingerprint density at radius 1 is 1.29 bits per heavy atom. The van der Waals surface area contributed by atoms with Crippen LogP contribution < -0.4 is 15.8 Å². The molecule has 0 saturated carbocycles. The smallest absolute Gasteiger partial charge is 0.245 e. The number of ether oxygens (including phenoxy) is 1. The van der Waals surface area contributed by atoms with Gasteiger partial charge in [0.15, 0.2) is 11.6 Å². The number of benzene rings is 2. The van der Waals surface area contributed by atoms with Crippen molar-refractivity contribution in [2.75, 3.05) is 5.32 Å². The molecule has 7 heteroatoms. The highest BCUT2D eigenvalue weighted by Gasteiger charge is 2.28. The number of amides is 1. The van der Waals surface area contributed by atoms with Gasteiger partial charge in [0, 0.05) is 21.8 Å². The highest BCUT2D eigenvalue weighted by atomic mass is 79.9. The molecule has 0 saturated heterocycles. The summed E-state index contributed by atoms with van der Waals surface area (Å²) in [5.74, 6) is -0.566. The topological polar surface area (TPSA) is 64.4 Å². The lowest BCUT2D eigenvalue weighted by Gasteiger charge is -2.11. The summed E-state index contributed by atoms with van der Waals surface area (Å²) in [6.07, 6.45) is 0. The van der Waals surface area contributed by atoms with Crippen molar-refractivity contribution in [3.05, 3.63) is 51.2 Å². The fourth-order valence-electron chi connectivity index (χ4n) is 2.04. The van der Waals surface area contributed by atoms with Gasteiger partial charge in [-0.3, -0.25) is 4.79 Å². The van der Waals surface area contributed by atoms with E-state index in [1.54, 1.807) is 12.1 Å². The number of fused-ring (bicyclic) bond motifs is 1. The van der Waals surface area contributed by atoms with Gasteiger partial charge in [0.05, 0.1) is 5.02 Å². The summed E-state index contributed by atoms with van der Waals surface area (Å²) in [5.41, 5.74) is 6.83. The van der Waals surface area contributed by atoms with Crippen LogP contribution in [0.15, 0.2) is 34.8 Å². The summed E-state index contributed by atoms with van der Waals surface area (Å²) in [5, 5.41) is 2.87. The van der Waals surface area contributed by atoms with Crippen LogP contribution >= 0.6 is 27.5 Å². The van der Waals surface area contributed by atoms with Crippen molar-refractivity contribution in [2.24, 2.45) is 5.73 Å². The third-order valence-corrected chi connectivity index (χ3v) is 3.88. The zero-order valence-corrected chi connectivity index (χ0v) is 12.8. The Morgan fingerprint density at radius 3 is 2.81 bits per heavy atom. The van der Waals surface area contributed by atoms with Crippen LogP contribution in [0.5, 0.6) is 11.5 Å². The molecule has 3 rings (SSSR count). The minimum atomic E-state index is -0.755. The molecule has 1 unspecified atom stereocenters. The number of nitrogens with one attached hydrogen (secondary N) is 1. The second kappa shape index (κ2) is 5.29. The van der Waals surface area contributed by atoms with Gasteiger partial charge in [-0.05, 0) is 24.3 Å². The van der Waals surface area contributed by atoms with E-state index in [0.29, 0.717) is 15.7 Å². The molecule has 3 N–H and O–H groups in total. The van der Waals surface area contributed by atoms with E-state index in [2.05, 4.69) is 21.2 Å². The number of anilines is 1. The van der Waals surface area contributed by atoms with E-state index in [-0.39, 0.29) is 22.4 Å². The number of carbonyl (C=O) groups is 1. The maximum Gasteiger partial charge on any atom is 0.245 e. The lowest BCUT2D eigenvalue weighted by atomic mass is 10.1. The Hall–Kier alpha value is -1.63. The van der Waals surface area contributed by atoms with Crippen molar-refractivity contribution in [1.29, 1.82) is 0 Å². The van der Waals surface area contributed by atoms with Crippen LogP contribution in [-0.4, -0.2) is 5.91 Å². The first-order valence-corrected chi connectivity index (χ1v) is 7.15. The maximum atomic E-state index is 13.7. The molecular weight excluding hydrogens is 363 g/mol. The highest BCUT2D eigenvalue weighted by molar-refractivity contribution is 9.10. The van der Waals surface area contributed by atoms with Gasteiger partial charge in [-0.15, -0.1) is 0 Å². The number of hydrogen-bond acceptors (Lipinski definition) is 3. The second-order valence-electron chi connectivity index (χ2n) is 4.51. The lowest BCUT2D eigenvalue weighted by Crippen LogP contribution is -2.19. The fourth-order valence-corrected chi connectivity index (χ4v) is 2.59. The summed E-state index contributed by atoms with van der Waals surface area (Å²) >= 11 is 9.35. The van der Waals surface area contributed by atoms with Crippen LogP contribution in [0, 0.1) is 5.82 Å². The Morgan fingerprint density at radius 2 is 2.05 bits per heavy atom. The van der Waals surface area contributed by atoms with E-state index >= 15 is 0 Å². The largest absolute Gasteiger partial charge is 0.453 e. The molecule has 1 amide bonds. The molecule has 0 fully saturated rings. The van der Waals surface area contributed by atoms with Crippen LogP contribution in [0.25, 0.3) is 0 Å². The highest BCUT2D eigenvalue weighted by Crippen LogP contribution is 2.40. The molecule has 1 heterocycles. The summed E-state index contributed by atoms with van der Waals surface area (Å²) in [7, 11) is 0. The van der Waals surface area contributed by atoms with Crippen LogP contribution in [0.4, 0.5) is 10.1 Å². The van der Waals surface area contributed by atoms with E-state index < -0.39 is 11.9 Å².